The van der Waals surface area contributed by atoms with Crippen molar-refractivity contribution in [3.8, 4) is 5.75 Å². The number of carbonyl (C=O) groups excluding carboxylic acids is 1. The molecule has 0 atom stereocenters. The van der Waals surface area contributed by atoms with E-state index in [0.717, 1.165) is 4.57 Å². The molecule has 0 saturated carbocycles. The lowest BCUT2D eigenvalue weighted by Gasteiger charge is -2.14. The first-order valence-corrected chi connectivity index (χ1v) is 9.96. The minimum Gasteiger partial charge on any atom is -0.495 e. The van der Waals surface area contributed by atoms with Crippen LogP contribution in [0.5, 0.6) is 5.75 Å². The van der Waals surface area contributed by atoms with Crippen LogP contribution in [0, 0.1) is 0 Å². The molecule has 0 unspecified atom stereocenters. The highest BCUT2D eigenvalue weighted by atomic mass is 35.5. The number of nitrogens with one attached hydrogen (secondary N) is 1. The molecule has 0 bridgehead atoms. The average Bonchev–Trinajstić information content (AvgIpc) is 2.80. The van der Waals surface area contributed by atoms with Crippen LogP contribution in [0.3, 0.4) is 0 Å². The fourth-order valence-electron chi connectivity index (χ4n) is 3.30. The van der Waals surface area contributed by atoms with Crippen LogP contribution in [0.1, 0.15) is 5.56 Å². The molecular weight excluding hydrogens is 434 g/mol. The van der Waals surface area contributed by atoms with Gasteiger partial charge in [0.25, 0.3) is 5.56 Å². The van der Waals surface area contributed by atoms with Crippen molar-refractivity contribution in [2.45, 2.75) is 13.1 Å². The molecule has 0 aliphatic rings. The second kappa shape index (κ2) is 9.03. The maximum absolute atomic E-state index is 13.2. The third-order valence-corrected chi connectivity index (χ3v) is 5.08. The highest BCUT2D eigenvalue weighted by Gasteiger charge is 2.17. The van der Waals surface area contributed by atoms with Crippen molar-refractivity contribution in [2.75, 3.05) is 12.4 Å². The molecule has 3 aromatic heterocycles. The third-order valence-electron chi connectivity index (χ3n) is 4.79. The number of methoxy groups -OCH3 is 1. The third kappa shape index (κ3) is 4.23. The zero-order chi connectivity index (χ0) is 22.7. The predicted molar refractivity (Wildman–Crippen MR) is 120 cm³/mol. The van der Waals surface area contributed by atoms with Gasteiger partial charge in [-0.25, -0.2) is 9.78 Å². The number of rotatable bonds is 6. The van der Waals surface area contributed by atoms with Gasteiger partial charge >= 0.3 is 5.69 Å². The maximum atomic E-state index is 13.2. The number of hydrogen-bond donors (Lipinski definition) is 1. The largest absolute Gasteiger partial charge is 0.495 e. The molecule has 32 heavy (non-hydrogen) atoms. The highest BCUT2D eigenvalue weighted by Crippen LogP contribution is 2.27. The Morgan fingerprint density at radius 1 is 1.12 bits per heavy atom. The van der Waals surface area contributed by atoms with Crippen molar-refractivity contribution >= 4 is 34.2 Å². The molecule has 0 saturated heterocycles. The van der Waals surface area contributed by atoms with E-state index in [1.807, 2.05) is 0 Å². The maximum Gasteiger partial charge on any atom is 0.332 e. The Morgan fingerprint density at radius 2 is 1.94 bits per heavy atom. The molecule has 1 N–H and O–H groups in total. The second-order valence-corrected chi connectivity index (χ2v) is 7.30. The molecule has 0 aliphatic heterocycles. The number of hydrogen-bond acceptors (Lipinski definition) is 6. The Labute approximate surface area is 186 Å². The number of fused-ring (bicyclic) bond motifs is 1. The van der Waals surface area contributed by atoms with E-state index in [2.05, 4.69) is 15.3 Å². The highest BCUT2D eigenvalue weighted by molar-refractivity contribution is 6.32. The summed E-state index contributed by atoms with van der Waals surface area (Å²) in [6.45, 7) is -0.314. The molecule has 162 valence electrons. The van der Waals surface area contributed by atoms with Gasteiger partial charge in [-0.1, -0.05) is 17.7 Å². The van der Waals surface area contributed by atoms with Crippen LogP contribution in [-0.2, 0) is 17.9 Å². The number of amides is 1. The van der Waals surface area contributed by atoms with Crippen LogP contribution in [0.4, 0.5) is 5.69 Å². The molecular formula is C22H18ClN5O4. The smallest absolute Gasteiger partial charge is 0.332 e. The summed E-state index contributed by atoms with van der Waals surface area (Å²) in [5, 5.41) is 3.04. The van der Waals surface area contributed by atoms with Gasteiger partial charge in [-0.3, -0.25) is 23.7 Å². The lowest BCUT2D eigenvalue weighted by molar-refractivity contribution is -0.116. The summed E-state index contributed by atoms with van der Waals surface area (Å²) in [6.07, 6.45) is 4.63. The molecule has 4 aromatic rings. The average molecular weight is 452 g/mol. The van der Waals surface area contributed by atoms with Crippen molar-refractivity contribution in [1.82, 2.24) is 19.1 Å². The van der Waals surface area contributed by atoms with Gasteiger partial charge in [0.05, 0.1) is 24.2 Å². The van der Waals surface area contributed by atoms with E-state index in [1.165, 1.54) is 17.9 Å². The Hall–Kier alpha value is -3.98. The van der Waals surface area contributed by atoms with Crippen molar-refractivity contribution in [1.29, 1.82) is 0 Å². The van der Waals surface area contributed by atoms with Crippen LogP contribution < -0.4 is 21.3 Å². The molecule has 10 heteroatoms. The summed E-state index contributed by atoms with van der Waals surface area (Å²) in [4.78, 5) is 47.0. The minimum atomic E-state index is -0.623. The van der Waals surface area contributed by atoms with E-state index < -0.39 is 17.2 Å². The number of pyridine rings is 2. The number of carbonyl (C=O) groups is 1. The van der Waals surface area contributed by atoms with Crippen LogP contribution >= 0.6 is 11.6 Å². The number of aromatic nitrogens is 4. The minimum absolute atomic E-state index is 0.00767. The van der Waals surface area contributed by atoms with Gasteiger partial charge in [0, 0.05) is 24.3 Å². The van der Waals surface area contributed by atoms with Crippen LogP contribution in [0.25, 0.3) is 11.0 Å². The zero-order valence-corrected chi connectivity index (χ0v) is 17.7. The van der Waals surface area contributed by atoms with E-state index in [-0.39, 0.29) is 24.1 Å². The SMILES string of the molecule is COc1ccc(NC(=O)Cn2c(=O)n(Cc3cccnc3)c(=O)c3ncccc32)cc1Cl. The quantitative estimate of drug-likeness (QED) is 0.482. The van der Waals surface area contributed by atoms with Gasteiger partial charge in [0.2, 0.25) is 5.91 Å². The van der Waals surface area contributed by atoms with Gasteiger partial charge in [0.1, 0.15) is 12.3 Å². The summed E-state index contributed by atoms with van der Waals surface area (Å²) in [7, 11) is 1.49. The number of halogens is 1. The first-order valence-electron chi connectivity index (χ1n) is 9.58. The first kappa shape index (κ1) is 21.3. The lowest BCUT2D eigenvalue weighted by Crippen LogP contribution is -2.42. The van der Waals surface area contributed by atoms with E-state index in [1.54, 1.807) is 54.9 Å². The molecule has 1 aromatic carbocycles. The lowest BCUT2D eigenvalue weighted by atomic mass is 10.2. The molecule has 0 spiro atoms. The van der Waals surface area contributed by atoms with Crippen LogP contribution in [-0.4, -0.2) is 32.1 Å². The van der Waals surface area contributed by atoms with Crippen LogP contribution in [0.15, 0.2) is 70.6 Å². The topological polar surface area (TPSA) is 108 Å². The Kier molecular flexibility index (Phi) is 6.00. The molecule has 0 radical (unpaired) electrons. The molecule has 4 rings (SSSR count). The predicted octanol–water partition coefficient (Wildman–Crippen LogP) is 2.30. The summed E-state index contributed by atoms with van der Waals surface area (Å²) in [5.74, 6) is 0.00509. The van der Waals surface area contributed by atoms with Crippen molar-refractivity contribution in [3.05, 3.63) is 92.5 Å². The van der Waals surface area contributed by atoms with Crippen molar-refractivity contribution < 1.29 is 9.53 Å². The van der Waals surface area contributed by atoms with Gasteiger partial charge in [-0.05, 0) is 42.0 Å². The summed E-state index contributed by atoms with van der Waals surface area (Å²) in [5.41, 5.74) is 0.324. The molecule has 1 amide bonds. The first-order chi connectivity index (χ1) is 15.5. The fraction of sp³-hybridized carbons (Fsp3) is 0.136. The summed E-state index contributed by atoms with van der Waals surface area (Å²) in [6, 6.07) is 11.5. The van der Waals surface area contributed by atoms with Crippen molar-refractivity contribution in [3.63, 3.8) is 0 Å². The van der Waals surface area contributed by atoms with Gasteiger partial charge in [-0.2, -0.15) is 0 Å². The number of anilines is 1. The number of nitrogens with zero attached hydrogens (tertiary/aromatic N) is 4. The monoisotopic (exact) mass is 451 g/mol. The Morgan fingerprint density at radius 3 is 2.66 bits per heavy atom. The van der Waals surface area contributed by atoms with Crippen molar-refractivity contribution in [2.24, 2.45) is 0 Å². The standard InChI is InChI=1S/C22H18ClN5O4/c1-32-18-7-6-15(10-16(18)23)26-19(29)13-27-17-5-3-9-25-20(17)21(30)28(22(27)31)12-14-4-2-8-24-11-14/h2-11H,12-13H2,1H3,(H,26,29). The number of benzene rings is 1. The van der Waals surface area contributed by atoms with Gasteiger partial charge in [-0.15, -0.1) is 0 Å². The molecule has 3 heterocycles. The van der Waals surface area contributed by atoms with E-state index >= 15 is 0 Å². The Balaban J connectivity index is 1.71. The van der Waals surface area contributed by atoms with Crippen LogP contribution in [0.2, 0.25) is 5.02 Å². The molecule has 9 nitrogen and oxygen atoms in total. The Bertz CT molecular complexity index is 1420. The fourth-order valence-corrected chi connectivity index (χ4v) is 3.56. The van der Waals surface area contributed by atoms with E-state index in [4.69, 9.17) is 16.3 Å². The molecule has 0 fully saturated rings. The normalized spacial score (nSPS) is 10.8. The second-order valence-electron chi connectivity index (χ2n) is 6.89. The van der Waals surface area contributed by atoms with Gasteiger partial charge < -0.3 is 10.1 Å². The van der Waals surface area contributed by atoms with E-state index in [0.29, 0.717) is 22.0 Å². The van der Waals surface area contributed by atoms with E-state index in [9.17, 15) is 14.4 Å². The zero-order valence-electron chi connectivity index (χ0n) is 17.0. The summed E-state index contributed by atoms with van der Waals surface area (Å²) >= 11 is 6.11. The summed E-state index contributed by atoms with van der Waals surface area (Å²) < 4.78 is 7.37. The number of ether oxygens (including phenoxy) is 1. The molecule has 0 aliphatic carbocycles. The van der Waals surface area contributed by atoms with Gasteiger partial charge in [0.15, 0.2) is 5.52 Å².